The highest BCUT2D eigenvalue weighted by Crippen LogP contribution is 2.05. The summed E-state index contributed by atoms with van der Waals surface area (Å²) in [5.74, 6) is -3.28. The number of piperazine rings is 2. The van der Waals surface area contributed by atoms with E-state index < -0.39 is 24.1 Å². The summed E-state index contributed by atoms with van der Waals surface area (Å²) >= 11 is 0. The topological polar surface area (TPSA) is 117 Å². The lowest BCUT2D eigenvalue weighted by molar-refractivity contribution is -0.178. The highest BCUT2D eigenvalue weighted by molar-refractivity contribution is 6.30. The second-order valence-electron chi connectivity index (χ2n) is 6.25. The van der Waals surface area contributed by atoms with Gasteiger partial charge in [0.1, 0.15) is 0 Å². The number of amides is 2. The van der Waals surface area contributed by atoms with Crippen LogP contribution in [0, 0.1) is 0 Å². The van der Waals surface area contributed by atoms with Gasteiger partial charge in [-0.15, -0.1) is 0 Å². The molecule has 2 saturated heterocycles. The van der Waals surface area contributed by atoms with Crippen molar-refractivity contribution in [2.75, 3.05) is 52.4 Å². The highest BCUT2D eigenvalue weighted by atomic mass is 16.6. The summed E-state index contributed by atoms with van der Waals surface area (Å²) in [4.78, 5) is 51.2. The Morgan fingerprint density at radius 2 is 1.00 bits per heavy atom. The lowest BCUT2D eigenvalue weighted by atomic mass is 10.3. The second kappa shape index (κ2) is 9.48. The maximum atomic E-state index is 12.2. The van der Waals surface area contributed by atoms with Crippen molar-refractivity contribution in [3.8, 4) is 0 Å². The maximum absolute atomic E-state index is 12.2. The molecule has 10 nitrogen and oxygen atoms in total. The maximum Gasteiger partial charge on any atom is 0.418 e. The number of nitrogens with one attached hydrogen (secondary N) is 2. The average Bonchev–Trinajstić information content (AvgIpc) is 2.67. The SMILES string of the molecule is C[C@H](OC(=O)C(=O)O[C@@H](C)C(=O)N1CCNCC1)C(=O)N1CCNCC1. The van der Waals surface area contributed by atoms with Gasteiger partial charge in [-0.1, -0.05) is 0 Å². The normalized spacial score (nSPS) is 20.1. The number of esters is 2. The molecule has 0 aromatic carbocycles. The van der Waals surface area contributed by atoms with Crippen LogP contribution in [0.25, 0.3) is 0 Å². The molecule has 0 aliphatic carbocycles. The fraction of sp³-hybridized carbons (Fsp3) is 0.750. The van der Waals surface area contributed by atoms with Crippen LogP contribution in [0.3, 0.4) is 0 Å². The third-order valence-electron chi connectivity index (χ3n) is 4.29. The van der Waals surface area contributed by atoms with E-state index in [1.807, 2.05) is 0 Å². The standard InChI is InChI=1S/C16H26N4O6/c1-11(13(21)19-7-3-17-4-8-19)25-15(23)16(24)26-12(2)14(22)20-9-5-18-6-10-20/h11-12,17-18H,3-10H2,1-2H3/t11-,12-/m0/s1. The van der Waals surface area contributed by atoms with E-state index in [4.69, 9.17) is 9.47 Å². The number of carbonyl (C=O) groups excluding carboxylic acids is 4. The summed E-state index contributed by atoms with van der Waals surface area (Å²) < 4.78 is 9.79. The van der Waals surface area contributed by atoms with E-state index in [0.717, 1.165) is 0 Å². The fourth-order valence-corrected chi connectivity index (χ4v) is 2.80. The summed E-state index contributed by atoms with van der Waals surface area (Å²) in [6.45, 7) is 7.54. The van der Waals surface area contributed by atoms with Gasteiger partial charge in [0.2, 0.25) is 0 Å². The zero-order valence-corrected chi connectivity index (χ0v) is 15.2. The molecule has 0 radical (unpaired) electrons. The molecule has 2 aliphatic heterocycles. The molecule has 0 spiro atoms. The molecule has 0 aromatic heterocycles. The van der Waals surface area contributed by atoms with Crippen molar-refractivity contribution in [2.24, 2.45) is 0 Å². The van der Waals surface area contributed by atoms with Crippen LogP contribution in [0.4, 0.5) is 0 Å². The minimum atomic E-state index is -1.28. The Bertz CT molecular complexity index is 495. The van der Waals surface area contributed by atoms with Crippen molar-refractivity contribution in [1.82, 2.24) is 20.4 Å². The van der Waals surface area contributed by atoms with Crippen LogP contribution in [0.15, 0.2) is 0 Å². The molecule has 2 heterocycles. The Morgan fingerprint density at radius 3 is 1.31 bits per heavy atom. The Balaban J connectivity index is 1.79. The van der Waals surface area contributed by atoms with Crippen molar-refractivity contribution >= 4 is 23.8 Å². The molecule has 2 N–H and O–H groups in total. The van der Waals surface area contributed by atoms with Crippen molar-refractivity contribution in [2.45, 2.75) is 26.1 Å². The van der Waals surface area contributed by atoms with Crippen molar-refractivity contribution in [3.63, 3.8) is 0 Å². The van der Waals surface area contributed by atoms with E-state index in [9.17, 15) is 19.2 Å². The summed E-state index contributed by atoms with van der Waals surface area (Å²) in [7, 11) is 0. The van der Waals surface area contributed by atoms with E-state index in [-0.39, 0.29) is 11.8 Å². The van der Waals surface area contributed by atoms with Crippen LogP contribution in [0.5, 0.6) is 0 Å². The van der Waals surface area contributed by atoms with E-state index in [2.05, 4.69) is 10.6 Å². The van der Waals surface area contributed by atoms with Crippen LogP contribution < -0.4 is 10.6 Å². The summed E-state index contributed by atoms with van der Waals surface area (Å²) in [5, 5.41) is 6.22. The van der Waals surface area contributed by atoms with Gasteiger partial charge in [-0.25, -0.2) is 9.59 Å². The van der Waals surface area contributed by atoms with Crippen LogP contribution in [0.1, 0.15) is 13.8 Å². The summed E-state index contributed by atoms with van der Waals surface area (Å²) in [6.07, 6.45) is -2.18. The molecule has 0 unspecified atom stereocenters. The van der Waals surface area contributed by atoms with E-state index in [1.165, 1.54) is 13.8 Å². The number of ether oxygens (including phenoxy) is 2. The van der Waals surface area contributed by atoms with Gasteiger partial charge in [0, 0.05) is 52.4 Å². The average molecular weight is 370 g/mol. The first-order valence-electron chi connectivity index (χ1n) is 8.80. The molecule has 2 rings (SSSR count). The Kier molecular flexibility index (Phi) is 7.34. The molecule has 0 bridgehead atoms. The second-order valence-corrected chi connectivity index (χ2v) is 6.25. The van der Waals surface area contributed by atoms with Gasteiger partial charge in [-0.3, -0.25) is 9.59 Å². The molecule has 0 saturated carbocycles. The highest BCUT2D eigenvalue weighted by Gasteiger charge is 2.31. The van der Waals surface area contributed by atoms with Gasteiger partial charge < -0.3 is 29.9 Å². The monoisotopic (exact) mass is 370 g/mol. The molecule has 146 valence electrons. The minimum absolute atomic E-state index is 0.363. The molecule has 2 fully saturated rings. The largest absolute Gasteiger partial charge is 0.444 e. The van der Waals surface area contributed by atoms with Gasteiger partial charge in [-0.2, -0.15) is 0 Å². The van der Waals surface area contributed by atoms with Crippen LogP contribution >= 0.6 is 0 Å². The molecular formula is C16H26N4O6. The molecule has 0 aromatic rings. The zero-order valence-electron chi connectivity index (χ0n) is 15.2. The molecule has 2 aliphatic rings. The first kappa shape index (κ1) is 20.1. The molecule has 26 heavy (non-hydrogen) atoms. The van der Waals surface area contributed by atoms with Gasteiger partial charge in [0.05, 0.1) is 0 Å². The molecule has 2 amide bonds. The van der Waals surface area contributed by atoms with Gasteiger partial charge >= 0.3 is 11.9 Å². The van der Waals surface area contributed by atoms with E-state index in [1.54, 1.807) is 9.80 Å². The molecular weight excluding hydrogens is 344 g/mol. The quantitative estimate of drug-likeness (QED) is 0.420. The number of hydrogen-bond donors (Lipinski definition) is 2. The Labute approximate surface area is 152 Å². The summed E-state index contributed by atoms with van der Waals surface area (Å²) in [6, 6.07) is 0. The number of hydrogen-bond acceptors (Lipinski definition) is 8. The first-order valence-corrected chi connectivity index (χ1v) is 8.80. The van der Waals surface area contributed by atoms with Crippen LogP contribution in [-0.2, 0) is 28.7 Å². The molecule has 2 atom stereocenters. The zero-order chi connectivity index (χ0) is 19.1. The number of nitrogens with zero attached hydrogens (tertiary/aromatic N) is 2. The first-order chi connectivity index (χ1) is 12.4. The van der Waals surface area contributed by atoms with Gasteiger partial charge in [0.15, 0.2) is 12.2 Å². The Morgan fingerprint density at radius 1 is 0.692 bits per heavy atom. The van der Waals surface area contributed by atoms with Crippen molar-refractivity contribution in [3.05, 3.63) is 0 Å². The lowest BCUT2D eigenvalue weighted by Crippen LogP contribution is -2.51. The van der Waals surface area contributed by atoms with E-state index >= 15 is 0 Å². The number of rotatable bonds is 4. The predicted octanol–water partition coefficient (Wildman–Crippen LogP) is -2.29. The number of carbonyl (C=O) groups is 4. The lowest BCUT2D eigenvalue weighted by Gasteiger charge is -2.30. The third-order valence-corrected chi connectivity index (χ3v) is 4.29. The van der Waals surface area contributed by atoms with Gasteiger partial charge in [-0.05, 0) is 13.8 Å². The predicted molar refractivity (Wildman–Crippen MR) is 90.0 cm³/mol. The summed E-state index contributed by atoms with van der Waals surface area (Å²) in [5.41, 5.74) is 0. The van der Waals surface area contributed by atoms with Crippen molar-refractivity contribution in [1.29, 1.82) is 0 Å². The van der Waals surface area contributed by atoms with E-state index in [0.29, 0.717) is 52.4 Å². The van der Waals surface area contributed by atoms with Crippen molar-refractivity contribution < 1.29 is 28.7 Å². The van der Waals surface area contributed by atoms with Crippen LogP contribution in [0.2, 0.25) is 0 Å². The van der Waals surface area contributed by atoms with Crippen LogP contribution in [-0.4, -0.2) is 98.1 Å². The van der Waals surface area contributed by atoms with Gasteiger partial charge in [0.25, 0.3) is 11.8 Å². The Hall–Kier alpha value is -2.20. The third kappa shape index (κ3) is 5.40. The smallest absolute Gasteiger partial charge is 0.418 e. The fourth-order valence-electron chi connectivity index (χ4n) is 2.80. The minimum Gasteiger partial charge on any atom is -0.444 e. The molecule has 10 heteroatoms.